The minimum atomic E-state index is 0.513. The summed E-state index contributed by atoms with van der Waals surface area (Å²) in [5.74, 6) is 1.58. The van der Waals surface area contributed by atoms with E-state index in [0.717, 1.165) is 34.9 Å². The summed E-state index contributed by atoms with van der Waals surface area (Å²) >= 11 is 6.17. The van der Waals surface area contributed by atoms with Crippen molar-refractivity contribution in [2.75, 3.05) is 12.4 Å². The smallest absolute Gasteiger partial charge is 0.122 e. The van der Waals surface area contributed by atoms with Crippen LogP contribution in [0.5, 0.6) is 5.75 Å². The highest BCUT2D eigenvalue weighted by molar-refractivity contribution is 6.31. The quantitative estimate of drug-likeness (QED) is 0.856. The molecular weight excluding hydrogens is 282 g/mol. The highest BCUT2D eigenvalue weighted by Crippen LogP contribution is 2.42. The third kappa shape index (κ3) is 3.01. The van der Waals surface area contributed by atoms with Gasteiger partial charge in [0.05, 0.1) is 7.11 Å². The highest BCUT2D eigenvalue weighted by Gasteiger charge is 2.31. The molecule has 1 aliphatic rings. The van der Waals surface area contributed by atoms with Gasteiger partial charge in [0.15, 0.2) is 0 Å². The summed E-state index contributed by atoms with van der Waals surface area (Å²) in [4.78, 5) is 0. The topological polar surface area (TPSA) is 21.3 Å². The lowest BCUT2D eigenvalue weighted by molar-refractivity contribution is 0.350. The first-order chi connectivity index (χ1) is 10.2. The predicted molar refractivity (Wildman–Crippen MR) is 88.6 cm³/mol. The van der Waals surface area contributed by atoms with Crippen molar-refractivity contribution < 1.29 is 4.74 Å². The molecule has 2 aromatic rings. The standard InChI is InChI=1S/C18H20ClNO/c1-12-7-8-14(11-17(12)19)20-15-9-13(10-15)16-5-3-4-6-18(16)21-2/h3-8,11,13,15,20H,9-10H2,1-2H3. The molecule has 0 amide bonds. The molecule has 3 rings (SSSR count). The van der Waals surface area contributed by atoms with Crippen molar-refractivity contribution in [3.63, 3.8) is 0 Å². The fourth-order valence-electron chi connectivity index (χ4n) is 2.91. The largest absolute Gasteiger partial charge is 0.496 e. The lowest BCUT2D eigenvalue weighted by Gasteiger charge is -2.37. The van der Waals surface area contributed by atoms with Gasteiger partial charge >= 0.3 is 0 Å². The first kappa shape index (κ1) is 14.3. The minimum absolute atomic E-state index is 0.513. The van der Waals surface area contributed by atoms with Crippen molar-refractivity contribution in [1.82, 2.24) is 0 Å². The van der Waals surface area contributed by atoms with Gasteiger partial charge in [0.1, 0.15) is 5.75 Å². The molecule has 1 saturated carbocycles. The summed E-state index contributed by atoms with van der Waals surface area (Å²) in [7, 11) is 1.74. The lowest BCUT2D eigenvalue weighted by atomic mass is 9.75. The van der Waals surface area contributed by atoms with Gasteiger partial charge in [0, 0.05) is 16.8 Å². The Morgan fingerprint density at radius 2 is 1.90 bits per heavy atom. The van der Waals surface area contributed by atoms with Crippen LogP contribution in [0.3, 0.4) is 0 Å². The number of methoxy groups -OCH3 is 1. The molecule has 1 fully saturated rings. The zero-order chi connectivity index (χ0) is 14.8. The Balaban J connectivity index is 1.62. The lowest BCUT2D eigenvalue weighted by Crippen LogP contribution is -2.34. The zero-order valence-electron chi connectivity index (χ0n) is 12.4. The van der Waals surface area contributed by atoms with E-state index in [9.17, 15) is 0 Å². The van der Waals surface area contributed by atoms with E-state index in [1.165, 1.54) is 5.56 Å². The van der Waals surface area contributed by atoms with Crippen LogP contribution in [0.25, 0.3) is 0 Å². The van der Waals surface area contributed by atoms with Gasteiger partial charge in [-0.1, -0.05) is 35.9 Å². The maximum atomic E-state index is 6.17. The number of nitrogens with one attached hydrogen (secondary N) is 1. The Labute approximate surface area is 131 Å². The summed E-state index contributed by atoms with van der Waals surface area (Å²) < 4.78 is 5.45. The Kier molecular flexibility index (Phi) is 4.07. The Morgan fingerprint density at radius 3 is 2.62 bits per heavy atom. The fourth-order valence-corrected chi connectivity index (χ4v) is 3.09. The van der Waals surface area contributed by atoms with Crippen LogP contribution < -0.4 is 10.1 Å². The zero-order valence-corrected chi connectivity index (χ0v) is 13.2. The summed E-state index contributed by atoms with van der Waals surface area (Å²) in [5.41, 5.74) is 3.54. The number of halogens is 1. The van der Waals surface area contributed by atoms with Crippen molar-refractivity contribution in [2.45, 2.75) is 31.7 Å². The molecule has 2 nitrogen and oxygen atoms in total. The van der Waals surface area contributed by atoms with Crippen LogP contribution in [-0.4, -0.2) is 13.2 Å². The molecular formula is C18H20ClNO. The molecule has 2 aromatic carbocycles. The van der Waals surface area contributed by atoms with Gasteiger partial charge < -0.3 is 10.1 Å². The second-order valence-corrected chi connectivity index (χ2v) is 6.12. The number of para-hydroxylation sites is 1. The van der Waals surface area contributed by atoms with Gasteiger partial charge in [0.2, 0.25) is 0 Å². The van der Waals surface area contributed by atoms with Gasteiger partial charge in [0.25, 0.3) is 0 Å². The van der Waals surface area contributed by atoms with E-state index in [1.807, 2.05) is 25.1 Å². The average Bonchev–Trinajstić information content (AvgIpc) is 2.46. The maximum absolute atomic E-state index is 6.17. The molecule has 0 aliphatic heterocycles. The van der Waals surface area contributed by atoms with Crippen molar-refractivity contribution in [3.8, 4) is 5.75 Å². The van der Waals surface area contributed by atoms with Crippen LogP contribution in [0.1, 0.15) is 29.9 Å². The first-order valence-electron chi connectivity index (χ1n) is 7.33. The predicted octanol–water partition coefficient (Wildman–Crippen LogP) is 5.02. The number of ether oxygens (including phenoxy) is 1. The number of rotatable bonds is 4. The number of hydrogen-bond donors (Lipinski definition) is 1. The van der Waals surface area contributed by atoms with Crippen molar-refractivity contribution >= 4 is 17.3 Å². The van der Waals surface area contributed by atoms with Gasteiger partial charge in [-0.05, 0) is 55.0 Å². The second-order valence-electron chi connectivity index (χ2n) is 5.72. The molecule has 0 saturated heterocycles. The van der Waals surface area contributed by atoms with Gasteiger partial charge in [-0.25, -0.2) is 0 Å². The van der Waals surface area contributed by atoms with Gasteiger partial charge in [-0.3, -0.25) is 0 Å². The Morgan fingerprint density at radius 1 is 1.14 bits per heavy atom. The normalized spacial score (nSPS) is 20.7. The molecule has 0 spiro atoms. The van der Waals surface area contributed by atoms with E-state index < -0.39 is 0 Å². The molecule has 0 aromatic heterocycles. The Bertz CT molecular complexity index is 635. The van der Waals surface area contributed by atoms with Gasteiger partial charge in [-0.15, -0.1) is 0 Å². The van der Waals surface area contributed by atoms with Crippen molar-refractivity contribution in [2.24, 2.45) is 0 Å². The van der Waals surface area contributed by atoms with E-state index in [0.29, 0.717) is 12.0 Å². The molecule has 110 valence electrons. The van der Waals surface area contributed by atoms with E-state index in [4.69, 9.17) is 16.3 Å². The molecule has 21 heavy (non-hydrogen) atoms. The molecule has 3 heteroatoms. The number of aryl methyl sites for hydroxylation is 1. The highest BCUT2D eigenvalue weighted by atomic mass is 35.5. The SMILES string of the molecule is COc1ccccc1C1CC(Nc2ccc(C)c(Cl)c2)C1. The third-order valence-corrected chi connectivity index (χ3v) is 4.67. The molecule has 0 bridgehead atoms. The maximum Gasteiger partial charge on any atom is 0.122 e. The number of benzene rings is 2. The number of anilines is 1. The van der Waals surface area contributed by atoms with E-state index in [2.05, 4.69) is 29.6 Å². The van der Waals surface area contributed by atoms with Crippen LogP contribution in [0.2, 0.25) is 5.02 Å². The summed E-state index contributed by atoms with van der Waals surface area (Å²) in [5, 5.41) is 4.38. The summed E-state index contributed by atoms with van der Waals surface area (Å²) in [6.45, 7) is 2.02. The third-order valence-electron chi connectivity index (χ3n) is 4.26. The molecule has 0 heterocycles. The van der Waals surface area contributed by atoms with Crippen LogP contribution >= 0.6 is 11.6 Å². The molecule has 0 unspecified atom stereocenters. The molecule has 0 radical (unpaired) electrons. The number of hydrogen-bond acceptors (Lipinski definition) is 2. The van der Waals surface area contributed by atoms with Crippen molar-refractivity contribution in [3.05, 3.63) is 58.6 Å². The van der Waals surface area contributed by atoms with Gasteiger partial charge in [-0.2, -0.15) is 0 Å². The first-order valence-corrected chi connectivity index (χ1v) is 7.71. The molecule has 0 atom stereocenters. The van der Waals surface area contributed by atoms with Crippen LogP contribution in [0.15, 0.2) is 42.5 Å². The molecule has 1 N–H and O–H groups in total. The second kappa shape index (κ2) is 5.98. The van der Waals surface area contributed by atoms with E-state index >= 15 is 0 Å². The van der Waals surface area contributed by atoms with Crippen LogP contribution in [-0.2, 0) is 0 Å². The average molecular weight is 302 g/mol. The Hall–Kier alpha value is -1.67. The van der Waals surface area contributed by atoms with Crippen LogP contribution in [0, 0.1) is 6.92 Å². The van der Waals surface area contributed by atoms with Crippen molar-refractivity contribution in [1.29, 1.82) is 0 Å². The fraction of sp³-hybridized carbons (Fsp3) is 0.333. The monoisotopic (exact) mass is 301 g/mol. The summed E-state index contributed by atoms with van der Waals surface area (Å²) in [6, 6.07) is 15.0. The van der Waals surface area contributed by atoms with E-state index in [-0.39, 0.29) is 0 Å². The molecule has 1 aliphatic carbocycles. The van der Waals surface area contributed by atoms with E-state index in [1.54, 1.807) is 7.11 Å². The van der Waals surface area contributed by atoms with Crippen LogP contribution in [0.4, 0.5) is 5.69 Å². The minimum Gasteiger partial charge on any atom is -0.496 e. The summed E-state index contributed by atoms with van der Waals surface area (Å²) in [6.07, 6.45) is 2.26.